The van der Waals surface area contributed by atoms with E-state index in [-0.39, 0.29) is 5.91 Å². The fraction of sp³-hybridized carbons (Fsp3) is 0.364. The van der Waals surface area contributed by atoms with E-state index in [2.05, 4.69) is 0 Å². The Morgan fingerprint density at radius 2 is 2.21 bits per heavy atom. The van der Waals surface area contributed by atoms with Crippen molar-refractivity contribution in [3.63, 3.8) is 0 Å². The Labute approximate surface area is 83.3 Å². The zero-order valence-corrected chi connectivity index (χ0v) is 8.19. The number of ether oxygens (including phenoxy) is 1. The monoisotopic (exact) mass is 191 g/mol. The maximum Gasteiger partial charge on any atom is 0.219 e. The summed E-state index contributed by atoms with van der Waals surface area (Å²) < 4.78 is 5.53. The van der Waals surface area contributed by atoms with Crippen LogP contribution in [0, 0.1) is 0 Å². The lowest BCUT2D eigenvalue weighted by molar-refractivity contribution is -0.129. The molecule has 1 amide bonds. The number of carbonyl (C=O) groups excluding carboxylic acids is 1. The van der Waals surface area contributed by atoms with Gasteiger partial charge in [-0.05, 0) is 6.07 Å². The largest absolute Gasteiger partial charge is 0.491 e. The van der Waals surface area contributed by atoms with Gasteiger partial charge in [0.2, 0.25) is 5.91 Å². The molecule has 0 fully saturated rings. The lowest BCUT2D eigenvalue weighted by atomic mass is 10.2. The molecule has 0 aromatic heterocycles. The highest BCUT2D eigenvalue weighted by Gasteiger charge is 2.15. The lowest BCUT2D eigenvalue weighted by Crippen LogP contribution is -2.30. The Kier molecular flexibility index (Phi) is 2.39. The number of rotatable bonds is 0. The van der Waals surface area contributed by atoms with Crippen molar-refractivity contribution >= 4 is 5.91 Å². The number of carbonyl (C=O) groups is 1. The Hall–Kier alpha value is -1.51. The SMILES string of the molecule is CC(=O)N1CCOc2ccccc2C1. The van der Waals surface area contributed by atoms with Crippen LogP contribution in [0.3, 0.4) is 0 Å². The second kappa shape index (κ2) is 3.70. The van der Waals surface area contributed by atoms with Crippen molar-refractivity contribution in [2.75, 3.05) is 13.2 Å². The molecule has 0 N–H and O–H groups in total. The van der Waals surface area contributed by atoms with E-state index in [0.29, 0.717) is 19.7 Å². The summed E-state index contributed by atoms with van der Waals surface area (Å²) in [6.45, 7) is 3.50. The van der Waals surface area contributed by atoms with Gasteiger partial charge in [0.25, 0.3) is 0 Å². The molecule has 0 saturated heterocycles. The molecule has 0 bridgehead atoms. The summed E-state index contributed by atoms with van der Waals surface area (Å²) in [7, 11) is 0. The van der Waals surface area contributed by atoms with Crippen LogP contribution in [0.4, 0.5) is 0 Å². The van der Waals surface area contributed by atoms with Crippen LogP contribution in [0.2, 0.25) is 0 Å². The van der Waals surface area contributed by atoms with Crippen LogP contribution in [0.5, 0.6) is 5.75 Å². The molecule has 0 saturated carbocycles. The number of amides is 1. The number of hydrogen-bond acceptors (Lipinski definition) is 2. The maximum atomic E-state index is 11.2. The molecular formula is C11H13NO2. The summed E-state index contributed by atoms with van der Waals surface area (Å²) in [6.07, 6.45) is 0. The Bertz CT molecular complexity index is 349. The van der Waals surface area contributed by atoms with Crippen molar-refractivity contribution in [3.05, 3.63) is 29.8 Å². The molecule has 0 spiro atoms. The lowest BCUT2D eigenvalue weighted by Gasteiger charge is -2.16. The van der Waals surface area contributed by atoms with Crippen LogP contribution in [0.1, 0.15) is 12.5 Å². The molecule has 1 aromatic carbocycles. The average Bonchev–Trinajstić information content (AvgIpc) is 2.39. The van der Waals surface area contributed by atoms with E-state index in [1.165, 1.54) is 0 Å². The number of para-hydroxylation sites is 1. The fourth-order valence-corrected chi connectivity index (χ4v) is 1.59. The predicted octanol–water partition coefficient (Wildman–Crippen LogP) is 1.43. The summed E-state index contributed by atoms with van der Waals surface area (Å²) in [5.41, 5.74) is 1.08. The molecule has 14 heavy (non-hydrogen) atoms. The Balaban J connectivity index is 2.26. The highest BCUT2D eigenvalue weighted by Crippen LogP contribution is 2.22. The molecule has 1 aliphatic rings. The highest BCUT2D eigenvalue weighted by molar-refractivity contribution is 5.73. The molecule has 1 aromatic rings. The van der Waals surface area contributed by atoms with Crippen LogP contribution in [0.15, 0.2) is 24.3 Å². The van der Waals surface area contributed by atoms with Crippen molar-refractivity contribution in [2.45, 2.75) is 13.5 Å². The number of fused-ring (bicyclic) bond motifs is 1. The van der Waals surface area contributed by atoms with Crippen LogP contribution in [-0.4, -0.2) is 24.0 Å². The van der Waals surface area contributed by atoms with Gasteiger partial charge < -0.3 is 9.64 Å². The van der Waals surface area contributed by atoms with Crippen molar-refractivity contribution in [2.24, 2.45) is 0 Å². The summed E-state index contributed by atoms with van der Waals surface area (Å²) >= 11 is 0. The van der Waals surface area contributed by atoms with E-state index in [1.807, 2.05) is 24.3 Å². The second-order valence-electron chi connectivity index (χ2n) is 3.40. The van der Waals surface area contributed by atoms with Crippen LogP contribution in [0.25, 0.3) is 0 Å². The van der Waals surface area contributed by atoms with Gasteiger partial charge in [0.05, 0.1) is 6.54 Å². The normalized spacial score (nSPS) is 15.4. The van der Waals surface area contributed by atoms with Crippen molar-refractivity contribution in [1.29, 1.82) is 0 Å². The van der Waals surface area contributed by atoms with E-state index in [9.17, 15) is 4.79 Å². The van der Waals surface area contributed by atoms with Gasteiger partial charge in [0.1, 0.15) is 12.4 Å². The zero-order valence-electron chi connectivity index (χ0n) is 8.19. The highest BCUT2D eigenvalue weighted by atomic mass is 16.5. The average molecular weight is 191 g/mol. The summed E-state index contributed by atoms with van der Waals surface area (Å²) in [5.74, 6) is 1.00. The molecule has 0 aliphatic carbocycles. The molecule has 3 nitrogen and oxygen atoms in total. The van der Waals surface area contributed by atoms with E-state index >= 15 is 0 Å². The van der Waals surface area contributed by atoms with Gasteiger partial charge in [0.15, 0.2) is 0 Å². The maximum absolute atomic E-state index is 11.2. The summed E-state index contributed by atoms with van der Waals surface area (Å²) in [4.78, 5) is 13.0. The first kappa shape index (κ1) is 9.06. The van der Waals surface area contributed by atoms with E-state index < -0.39 is 0 Å². The molecular weight excluding hydrogens is 178 g/mol. The molecule has 0 radical (unpaired) electrons. The molecule has 0 atom stereocenters. The molecule has 2 rings (SSSR count). The number of hydrogen-bond donors (Lipinski definition) is 0. The van der Waals surface area contributed by atoms with Gasteiger partial charge in [0, 0.05) is 19.0 Å². The first-order valence-electron chi connectivity index (χ1n) is 4.73. The van der Waals surface area contributed by atoms with Gasteiger partial charge in [-0.1, -0.05) is 18.2 Å². The standard InChI is InChI=1S/C11H13NO2/c1-9(13)12-6-7-14-11-5-3-2-4-10(11)8-12/h2-5H,6-8H2,1H3. The third-order valence-corrected chi connectivity index (χ3v) is 2.40. The Morgan fingerprint density at radius 1 is 1.43 bits per heavy atom. The first-order chi connectivity index (χ1) is 6.77. The third-order valence-electron chi connectivity index (χ3n) is 2.40. The molecule has 1 heterocycles. The fourth-order valence-electron chi connectivity index (χ4n) is 1.59. The van der Waals surface area contributed by atoms with Crippen LogP contribution >= 0.6 is 0 Å². The van der Waals surface area contributed by atoms with Gasteiger partial charge >= 0.3 is 0 Å². The summed E-state index contributed by atoms with van der Waals surface area (Å²) in [5, 5.41) is 0. The smallest absolute Gasteiger partial charge is 0.219 e. The number of benzene rings is 1. The van der Waals surface area contributed by atoms with Crippen LogP contribution < -0.4 is 4.74 Å². The third kappa shape index (κ3) is 1.71. The Morgan fingerprint density at radius 3 is 3.00 bits per heavy atom. The second-order valence-corrected chi connectivity index (χ2v) is 3.40. The molecule has 0 unspecified atom stereocenters. The first-order valence-corrected chi connectivity index (χ1v) is 4.73. The minimum Gasteiger partial charge on any atom is -0.491 e. The van der Waals surface area contributed by atoms with Gasteiger partial charge in [-0.15, -0.1) is 0 Å². The van der Waals surface area contributed by atoms with Crippen molar-refractivity contribution in [1.82, 2.24) is 4.90 Å². The van der Waals surface area contributed by atoms with Gasteiger partial charge in [-0.25, -0.2) is 0 Å². The predicted molar refractivity (Wildman–Crippen MR) is 53.0 cm³/mol. The van der Waals surface area contributed by atoms with E-state index in [1.54, 1.807) is 11.8 Å². The van der Waals surface area contributed by atoms with E-state index in [4.69, 9.17) is 4.74 Å². The van der Waals surface area contributed by atoms with Crippen LogP contribution in [-0.2, 0) is 11.3 Å². The van der Waals surface area contributed by atoms with E-state index in [0.717, 1.165) is 11.3 Å². The number of nitrogens with zero attached hydrogens (tertiary/aromatic N) is 1. The van der Waals surface area contributed by atoms with Crippen molar-refractivity contribution < 1.29 is 9.53 Å². The zero-order chi connectivity index (χ0) is 9.97. The topological polar surface area (TPSA) is 29.5 Å². The van der Waals surface area contributed by atoms with Crippen molar-refractivity contribution in [3.8, 4) is 5.75 Å². The van der Waals surface area contributed by atoms with Gasteiger partial charge in [-0.3, -0.25) is 4.79 Å². The molecule has 1 aliphatic heterocycles. The van der Waals surface area contributed by atoms with Gasteiger partial charge in [-0.2, -0.15) is 0 Å². The minimum absolute atomic E-state index is 0.102. The molecule has 74 valence electrons. The molecule has 3 heteroatoms. The minimum atomic E-state index is 0.102. The summed E-state index contributed by atoms with van der Waals surface area (Å²) in [6, 6.07) is 7.85. The quantitative estimate of drug-likeness (QED) is 0.620.